The molecule has 1 saturated carbocycles. The molecule has 0 spiro atoms. The zero-order chi connectivity index (χ0) is 15.0. The third-order valence-electron chi connectivity index (χ3n) is 3.96. The number of aromatic nitrogens is 2. The number of aryl methyl sites for hydroxylation is 1. The van der Waals surface area contributed by atoms with Gasteiger partial charge in [0.05, 0.1) is 11.8 Å². The van der Waals surface area contributed by atoms with Crippen LogP contribution in [0.5, 0.6) is 0 Å². The summed E-state index contributed by atoms with van der Waals surface area (Å²) in [6, 6.07) is 8.50. The highest BCUT2D eigenvalue weighted by molar-refractivity contribution is 9.10. The highest BCUT2D eigenvalue weighted by Gasteiger charge is 2.34. The van der Waals surface area contributed by atoms with Crippen molar-refractivity contribution in [1.29, 1.82) is 0 Å². The summed E-state index contributed by atoms with van der Waals surface area (Å²) in [6.45, 7) is 2.59. The molecule has 1 aromatic carbocycles. The fraction of sp³-hybridized carbons (Fsp3) is 0.375. The summed E-state index contributed by atoms with van der Waals surface area (Å²) in [5, 5.41) is 4.18. The quantitative estimate of drug-likeness (QED) is 0.850. The second kappa shape index (κ2) is 5.64. The Kier molecular flexibility index (Phi) is 3.85. The lowest BCUT2D eigenvalue weighted by Gasteiger charge is -2.22. The van der Waals surface area contributed by atoms with Crippen LogP contribution in [0.25, 0.3) is 0 Å². The Bertz CT molecular complexity index is 676. The summed E-state index contributed by atoms with van der Waals surface area (Å²) in [5.74, 6) is 0.0862. The van der Waals surface area contributed by atoms with Gasteiger partial charge in [-0.25, -0.2) is 0 Å². The Hall–Kier alpha value is -1.62. The Morgan fingerprint density at radius 2 is 2.24 bits per heavy atom. The van der Waals surface area contributed by atoms with Crippen LogP contribution in [0, 0.1) is 6.92 Å². The maximum absolute atomic E-state index is 12.8. The first-order chi connectivity index (χ1) is 10.1. The first-order valence-electron chi connectivity index (χ1n) is 7.10. The predicted molar refractivity (Wildman–Crippen MR) is 85.0 cm³/mol. The number of carbonyl (C=O) groups is 1. The van der Waals surface area contributed by atoms with Crippen molar-refractivity contribution in [2.75, 3.05) is 0 Å². The second-order valence-corrected chi connectivity index (χ2v) is 6.48. The predicted octanol–water partition coefficient (Wildman–Crippen LogP) is 3.30. The summed E-state index contributed by atoms with van der Waals surface area (Å²) in [4.78, 5) is 14.8. The third kappa shape index (κ3) is 3.02. The Morgan fingerprint density at radius 3 is 2.81 bits per heavy atom. The van der Waals surface area contributed by atoms with Gasteiger partial charge in [0.15, 0.2) is 0 Å². The van der Waals surface area contributed by atoms with Gasteiger partial charge in [-0.3, -0.25) is 9.48 Å². The van der Waals surface area contributed by atoms with Gasteiger partial charge >= 0.3 is 0 Å². The van der Waals surface area contributed by atoms with Crippen LogP contribution in [0.2, 0.25) is 0 Å². The van der Waals surface area contributed by atoms with Crippen molar-refractivity contribution in [3.05, 3.63) is 51.8 Å². The number of benzene rings is 1. The second-order valence-electron chi connectivity index (χ2n) is 5.56. The normalized spacial score (nSPS) is 14.2. The SMILES string of the molecule is Cc1c(C(=O)N(Cc2cccc(Br)c2)C2CC2)cnn1C. The summed E-state index contributed by atoms with van der Waals surface area (Å²) < 4.78 is 2.79. The molecule has 5 heteroatoms. The molecule has 2 aromatic rings. The van der Waals surface area contributed by atoms with Gasteiger partial charge in [-0.1, -0.05) is 28.1 Å². The van der Waals surface area contributed by atoms with Gasteiger partial charge in [0.2, 0.25) is 0 Å². The van der Waals surface area contributed by atoms with Crippen molar-refractivity contribution in [3.8, 4) is 0 Å². The van der Waals surface area contributed by atoms with Crippen LogP contribution in [0.15, 0.2) is 34.9 Å². The van der Waals surface area contributed by atoms with Crippen LogP contribution >= 0.6 is 15.9 Å². The molecule has 4 nitrogen and oxygen atoms in total. The summed E-state index contributed by atoms with van der Waals surface area (Å²) in [5.41, 5.74) is 2.77. The molecule has 21 heavy (non-hydrogen) atoms. The monoisotopic (exact) mass is 347 g/mol. The number of hydrogen-bond donors (Lipinski definition) is 0. The number of nitrogens with zero attached hydrogens (tertiary/aromatic N) is 3. The smallest absolute Gasteiger partial charge is 0.257 e. The average molecular weight is 348 g/mol. The molecule has 3 rings (SSSR count). The maximum Gasteiger partial charge on any atom is 0.257 e. The number of halogens is 1. The van der Waals surface area contributed by atoms with Gasteiger partial charge in [-0.15, -0.1) is 0 Å². The first-order valence-corrected chi connectivity index (χ1v) is 7.89. The lowest BCUT2D eigenvalue weighted by Crippen LogP contribution is -2.32. The van der Waals surface area contributed by atoms with E-state index in [0.717, 1.165) is 28.6 Å². The molecule has 0 aliphatic heterocycles. The molecule has 0 unspecified atom stereocenters. The van der Waals surface area contributed by atoms with Crippen molar-refractivity contribution < 1.29 is 4.79 Å². The Morgan fingerprint density at radius 1 is 1.48 bits per heavy atom. The minimum atomic E-state index is 0.0862. The summed E-state index contributed by atoms with van der Waals surface area (Å²) >= 11 is 3.48. The molecular formula is C16H18BrN3O. The van der Waals surface area contributed by atoms with Crippen LogP contribution in [0.3, 0.4) is 0 Å². The molecule has 0 atom stereocenters. The zero-order valence-electron chi connectivity index (χ0n) is 12.2. The van der Waals surface area contributed by atoms with Gasteiger partial charge in [0.1, 0.15) is 0 Å². The van der Waals surface area contributed by atoms with Gasteiger partial charge < -0.3 is 4.90 Å². The van der Waals surface area contributed by atoms with Gasteiger partial charge in [0.25, 0.3) is 5.91 Å². The van der Waals surface area contributed by atoms with Crippen LogP contribution in [-0.2, 0) is 13.6 Å². The molecule has 1 aromatic heterocycles. The van der Waals surface area contributed by atoms with E-state index >= 15 is 0 Å². The zero-order valence-corrected chi connectivity index (χ0v) is 13.8. The molecule has 1 heterocycles. The lowest BCUT2D eigenvalue weighted by atomic mass is 10.1. The third-order valence-corrected chi connectivity index (χ3v) is 4.45. The average Bonchev–Trinajstić information content (AvgIpc) is 3.23. The molecule has 0 bridgehead atoms. The van der Waals surface area contributed by atoms with Crippen molar-refractivity contribution >= 4 is 21.8 Å². The molecule has 0 N–H and O–H groups in total. The fourth-order valence-corrected chi connectivity index (χ4v) is 2.89. The number of rotatable bonds is 4. The van der Waals surface area contributed by atoms with E-state index < -0.39 is 0 Å². The Labute approximate surface area is 132 Å². The van der Waals surface area contributed by atoms with E-state index in [0.29, 0.717) is 18.2 Å². The van der Waals surface area contributed by atoms with Crippen LogP contribution in [0.4, 0.5) is 0 Å². The highest BCUT2D eigenvalue weighted by atomic mass is 79.9. The van der Waals surface area contributed by atoms with E-state index in [-0.39, 0.29) is 5.91 Å². The molecule has 110 valence electrons. The number of hydrogen-bond acceptors (Lipinski definition) is 2. The van der Waals surface area contributed by atoms with Crippen LogP contribution in [0.1, 0.15) is 34.5 Å². The van der Waals surface area contributed by atoms with E-state index in [9.17, 15) is 4.79 Å². The largest absolute Gasteiger partial charge is 0.331 e. The van der Waals surface area contributed by atoms with Crippen LogP contribution in [-0.4, -0.2) is 26.6 Å². The standard InChI is InChI=1S/C16H18BrN3O/c1-11-15(9-18-19(11)2)16(21)20(14-6-7-14)10-12-4-3-5-13(17)8-12/h3-5,8-9,14H,6-7,10H2,1-2H3. The molecular weight excluding hydrogens is 330 g/mol. The topological polar surface area (TPSA) is 38.1 Å². The van der Waals surface area contributed by atoms with Gasteiger partial charge in [-0.2, -0.15) is 5.10 Å². The van der Waals surface area contributed by atoms with Crippen molar-refractivity contribution in [3.63, 3.8) is 0 Å². The van der Waals surface area contributed by atoms with E-state index in [1.165, 1.54) is 0 Å². The van der Waals surface area contributed by atoms with E-state index in [4.69, 9.17) is 0 Å². The lowest BCUT2D eigenvalue weighted by molar-refractivity contribution is 0.0729. The molecule has 0 saturated heterocycles. The van der Waals surface area contributed by atoms with Crippen molar-refractivity contribution in [2.45, 2.75) is 32.4 Å². The van der Waals surface area contributed by atoms with Crippen LogP contribution < -0.4 is 0 Å². The van der Waals surface area contributed by atoms with Crippen molar-refractivity contribution in [1.82, 2.24) is 14.7 Å². The highest BCUT2D eigenvalue weighted by Crippen LogP contribution is 2.30. The molecule has 0 radical (unpaired) electrons. The molecule has 1 aliphatic carbocycles. The number of carbonyl (C=O) groups excluding carboxylic acids is 1. The minimum Gasteiger partial charge on any atom is -0.331 e. The fourth-order valence-electron chi connectivity index (χ4n) is 2.45. The van der Waals surface area contributed by atoms with Crippen molar-refractivity contribution in [2.24, 2.45) is 7.05 Å². The van der Waals surface area contributed by atoms with E-state index in [2.05, 4.69) is 33.2 Å². The maximum atomic E-state index is 12.8. The number of amides is 1. The molecule has 1 aliphatic rings. The Balaban J connectivity index is 1.85. The summed E-state index contributed by atoms with van der Waals surface area (Å²) in [6.07, 6.45) is 3.87. The molecule has 1 amide bonds. The summed E-state index contributed by atoms with van der Waals surface area (Å²) in [7, 11) is 1.86. The van der Waals surface area contributed by atoms with Gasteiger partial charge in [-0.05, 0) is 37.5 Å². The first kappa shape index (κ1) is 14.3. The van der Waals surface area contributed by atoms with E-state index in [1.54, 1.807) is 10.9 Å². The minimum absolute atomic E-state index is 0.0862. The van der Waals surface area contributed by atoms with E-state index in [1.807, 2.05) is 31.0 Å². The molecule has 1 fully saturated rings. The van der Waals surface area contributed by atoms with Gasteiger partial charge in [0, 0.05) is 29.8 Å².